The van der Waals surface area contributed by atoms with E-state index >= 15 is 0 Å². The molecule has 0 spiro atoms. The van der Waals surface area contributed by atoms with Crippen molar-refractivity contribution in [2.45, 2.75) is 10.9 Å². The quantitative estimate of drug-likeness (QED) is 0.833. The minimum atomic E-state index is -3.61. The van der Waals surface area contributed by atoms with Crippen molar-refractivity contribution in [2.75, 3.05) is 26.7 Å². The normalized spacial score (nSPS) is 17.9. The van der Waals surface area contributed by atoms with E-state index in [0.717, 1.165) is 5.56 Å². The lowest BCUT2D eigenvalue weighted by Gasteiger charge is -2.37. The van der Waals surface area contributed by atoms with Crippen molar-refractivity contribution < 1.29 is 13.2 Å². The van der Waals surface area contributed by atoms with Crippen LogP contribution in [-0.4, -0.2) is 45.9 Å². The SMILES string of the molecule is CNS(=O)(=O)c1cccc(C(=O)N2CCNCC2c2ccccc2Cl)c1. The summed E-state index contributed by atoms with van der Waals surface area (Å²) in [5.41, 5.74) is 1.20. The van der Waals surface area contributed by atoms with E-state index in [4.69, 9.17) is 11.6 Å². The summed E-state index contributed by atoms with van der Waals surface area (Å²) >= 11 is 6.32. The molecule has 2 aromatic rings. The first kappa shape index (κ1) is 18.8. The number of halogens is 1. The molecule has 0 aliphatic carbocycles. The zero-order valence-electron chi connectivity index (χ0n) is 14.3. The highest BCUT2D eigenvalue weighted by atomic mass is 35.5. The predicted octanol–water partition coefficient (Wildman–Crippen LogP) is 2.03. The summed E-state index contributed by atoms with van der Waals surface area (Å²) in [5.74, 6) is -0.218. The van der Waals surface area contributed by atoms with Gasteiger partial charge in [-0.25, -0.2) is 13.1 Å². The van der Waals surface area contributed by atoms with E-state index in [9.17, 15) is 13.2 Å². The summed E-state index contributed by atoms with van der Waals surface area (Å²) in [6.07, 6.45) is 0. The predicted molar refractivity (Wildman–Crippen MR) is 101 cm³/mol. The molecule has 6 nitrogen and oxygen atoms in total. The zero-order chi connectivity index (χ0) is 18.7. The molecule has 26 heavy (non-hydrogen) atoms. The third kappa shape index (κ3) is 3.76. The number of nitrogens with one attached hydrogen (secondary N) is 2. The second-order valence-corrected chi connectivity index (χ2v) is 8.27. The smallest absolute Gasteiger partial charge is 0.254 e. The van der Waals surface area contributed by atoms with Crippen molar-refractivity contribution in [3.05, 3.63) is 64.7 Å². The van der Waals surface area contributed by atoms with Crippen LogP contribution in [0.3, 0.4) is 0 Å². The number of amides is 1. The third-order valence-electron chi connectivity index (χ3n) is 4.43. The van der Waals surface area contributed by atoms with Crippen molar-refractivity contribution in [1.29, 1.82) is 0 Å². The molecule has 3 rings (SSSR count). The summed E-state index contributed by atoms with van der Waals surface area (Å²) in [7, 11) is -2.27. The van der Waals surface area contributed by atoms with Gasteiger partial charge in [-0.15, -0.1) is 0 Å². The Balaban J connectivity index is 1.95. The second-order valence-electron chi connectivity index (χ2n) is 5.98. The Morgan fingerprint density at radius 2 is 2.00 bits per heavy atom. The first-order valence-electron chi connectivity index (χ1n) is 8.24. The number of carbonyl (C=O) groups excluding carboxylic acids is 1. The summed E-state index contributed by atoms with van der Waals surface area (Å²) in [5, 5.41) is 3.89. The lowest BCUT2D eigenvalue weighted by atomic mass is 10.0. The van der Waals surface area contributed by atoms with E-state index in [1.807, 2.05) is 18.2 Å². The first-order chi connectivity index (χ1) is 12.4. The van der Waals surface area contributed by atoms with Crippen LogP contribution >= 0.6 is 11.6 Å². The van der Waals surface area contributed by atoms with Crippen LogP contribution in [0.4, 0.5) is 0 Å². The maximum atomic E-state index is 13.1. The minimum absolute atomic E-state index is 0.0651. The van der Waals surface area contributed by atoms with Crippen molar-refractivity contribution in [3.8, 4) is 0 Å². The fourth-order valence-electron chi connectivity index (χ4n) is 3.05. The lowest BCUT2D eigenvalue weighted by Crippen LogP contribution is -2.48. The molecule has 1 atom stereocenters. The molecule has 1 aliphatic rings. The molecule has 1 amide bonds. The Kier molecular flexibility index (Phi) is 5.62. The number of carbonyl (C=O) groups is 1. The third-order valence-corrected chi connectivity index (χ3v) is 6.18. The van der Waals surface area contributed by atoms with E-state index in [1.54, 1.807) is 23.1 Å². The molecule has 1 unspecified atom stereocenters. The van der Waals surface area contributed by atoms with Gasteiger partial charge < -0.3 is 10.2 Å². The van der Waals surface area contributed by atoms with Crippen LogP contribution < -0.4 is 10.0 Å². The molecule has 2 aromatic carbocycles. The molecule has 1 heterocycles. The second kappa shape index (κ2) is 7.75. The van der Waals surface area contributed by atoms with Crippen LogP contribution in [0.15, 0.2) is 53.4 Å². The Bertz CT molecular complexity index is 917. The number of sulfonamides is 1. The molecule has 0 saturated carbocycles. The molecule has 138 valence electrons. The number of hydrogen-bond donors (Lipinski definition) is 2. The summed E-state index contributed by atoms with van der Waals surface area (Å²) < 4.78 is 26.3. The lowest BCUT2D eigenvalue weighted by molar-refractivity contribution is 0.0634. The van der Waals surface area contributed by atoms with Gasteiger partial charge in [0.1, 0.15) is 0 Å². The van der Waals surface area contributed by atoms with Crippen LogP contribution in [0.25, 0.3) is 0 Å². The average Bonchev–Trinajstić information content (AvgIpc) is 2.68. The Morgan fingerprint density at radius 3 is 2.73 bits per heavy atom. The standard InChI is InChI=1S/C18H20ClN3O3S/c1-20-26(24,25)14-6-4-5-13(11-14)18(23)22-10-9-21-12-17(22)15-7-2-3-8-16(15)19/h2-8,11,17,20-21H,9-10,12H2,1H3. The van der Waals surface area contributed by atoms with Crippen LogP contribution in [0, 0.1) is 0 Å². The number of piperazine rings is 1. The van der Waals surface area contributed by atoms with Crippen LogP contribution in [-0.2, 0) is 10.0 Å². The Morgan fingerprint density at radius 1 is 1.23 bits per heavy atom. The van der Waals surface area contributed by atoms with Gasteiger partial charge in [0.2, 0.25) is 10.0 Å². The molecule has 0 bridgehead atoms. The highest BCUT2D eigenvalue weighted by Crippen LogP contribution is 2.29. The van der Waals surface area contributed by atoms with Crippen LogP contribution in [0.5, 0.6) is 0 Å². The molecular formula is C18H20ClN3O3S. The molecule has 1 saturated heterocycles. The van der Waals surface area contributed by atoms with Crippen molar-refractivity contribution >= 4 is 27.5 Å². The molecule has 0 aromatic heterocycles. The number of nitrogens with zero attached hydrogens (tertiary/aromatic N) is 1. The Hall–Kier alpha value is -1.93. The van der Waals surface area contributed by atoms with E-state index in [2.05, 4.69) is 10.0 Å². The molecule has 1 aliphatic heterocycles. The van der Waals surface area contributed by atoms with E-state index in [-0.39, 0.29) is 16.8 Å². The molecule has 1 fully saturated rings. The fraction of sp³-hybridized carbons (Fsp3) is 0.278. The highest BCUT2D eigenvalue weighted by molar-refractivity contribution is 7.89. The largest absolute Gasteiger partial charge is 0.329 e. The van der Waals surface area contributed by atoms with Gasteiger partial charge in [0, 0.05) is 30.2 Å². The summed E-state index contributed by atoms with van der Waals surface area (Å²) in [6.45, 7) is 1.77. The van der Waals surface area contributed by atoms with Crippen LogP contribution in [0.2, 0.25) is 5.02 Å². The van der Waals surface area contributed by atoms with Gasteiger partial charge in [-0.1, -0.05) is 35.9 Å². The number of hydrogen-bond acceptors (Lipinski definition) is 4. The fourth-order valence-corrected chi connectivity index (χ4v) is 4.09. The van der Waals surface area contributed by atoms with Crippen molar-refractivity contribution in [2.24, 2.45) is 0 Å². The monoisotopic (exact) mass is 393 g/mol. The topological polar surface area (TPSA) is 78.5 Å². The van der Waals surface area contributed by atoms with Crippen molar-refractivity contribution in [3.63, 3.8) is 0 Å². The summed E-state index contributed by atoms with van der Waals surface area (Å²) in [6, 6.07) is 13.3. The minimum Gasteiger partial charge on any atom is -0.329 e. The van der Waals surface area contributed by atoms with Gasteiger partial charge in [-0.05, 0) is 36.9 Å². The number of benzene rings is 2. The van der Waals surface area contributed by atoms with Gasteiger partial charge in [0.25, 0.3) is 5.91 Å². The van der Waals surface area contributed by atoms with E-state index in [0.29, 0.717) is 30.2 Å². The average molecular weight is 394 g/mol. The van der Waals surface area contributed by atoms with Gasteiger partial charge >= 0.3 is 0 Å². The van der Waals surface area contributed by atoms with E-state index in [1.165, 1.54) is 19.2 Å². The molecule has 8 heteroatoms. The van der Waals surface area contributed by atoms with Gasteiger partial charge in [-0.3, -0.25) is 4.79 Å². The Labute approximate surface area is 158 Å². The molecule has 0 radical (unpaired) electrons. The number of rotatable bonds is 4. The highest BCUT2D eigenvalue weighted by Gasteiger charge is 2.30. The van der Waals surface area contributed by atoms with Crippen LogP contribution in [0.1, 0.15) is 22.0 Å². The molecular weight excluding hydrogens is 374 g/mol. The van der Waals surface area contributed by atoms with Gasteiger partial charge in [0.05, 0.1) is 10.9 Å². The maximum Gasteiger partial charge on any atom is 0.254 e. The first-order valence-corrected chi connectivity index (χ1v) is 10.1. The van der Waals surface area contributed by atoms with Crippen molar-refractivity contribution in [1.82, 2.24) is 14.9 Å². The van der Waals surface area contributed by atoms with Gasteiger partial charge in [-0.2, -0.15) is 0 Å². The maximum absolute atomic E-state index is 13.1. The summed E-state index contributed by atoms with van der Waals surface area (Å²) in [4.78, 5) is 14.9. The van der Waals surface area contributed by atoms with Gasteiger partial charge in [0.15, 0.2) is 0 Å². The van der Waals surface area contributed by atoms with E-state index < -0.39 is 10.0 Å². The zero-order valence-corrected chi connectivity index (χ0v) is 15.8. The molecule has 2 N–H and O–H groups in total.